The predicted molar refractivity (Wildman–Crippen MR) is 95.0 cm³/mol. The third-order valence-corrected chi connectivity index (χ3v) is 3.96. The molecule has 1 aromatic heterocycles. The van der Waals surface area contributed by atoms with Gasteiger partial charge in [-0.3, -0.25) is 4.79 Å². The van der Waals surface area contributed by atoms with Crippen molar-refractivity contribution in [2.75, 3.05) is 7.11 Å². The monoisotopic (exact) mass is 381 g/mol. The highest BCUT2D eigenvalue weighted by atomic mass is 16.5. The number of aromatic amines is 1. The summed E-state index contributed by atoms with van der Waals surface area (Å²) in [6.07, 6.45) is 3.07. The molecular formula is C18H15N5O5. The molecule has 0 unspecified atom stereocenters. The van der Waals surface area contributed by atoms with Gasteiger partial charge in [-0.05, 0) is 12.1 Å². The molecule has 4 rings (SSSR count). The summed E-state index contributed by atoms with van der Waals surface area (Å²) in [7, 11) is 1.26. The van der Waals surface area contributed by atoms with Crippen LogP contribution in [0.15, 0.2) is 52.0 Å². The van der Waals surface area contributed by atoms with E-state index in [2.05, 4.69) is 20.3 Å². The second-order valence-electron chi connectivity index (χ2n) is 5.86. The van der Waals surface area contributed by atoms with Crippen LogP contribution in [0.3, 0.4) is 0 Å². The number of aromatic nitrogens is 5. The Hall–Kier alpha value is -3.95. The molecule has 0 bridgehead atoms. The Labute approximate surface area is 158 Å². The molecule has 28 heavy (non-hydrogen) atoms. The molecule has 2 aliphatic rings. The Morgan fingerprint density at radius 3 is 2.86 bits per heavy atom. The number of hydrogen-bond acceptors (Lipinski definition) is 8. The second kappa shape index (κ2) is 7.35. The summed E-state index contributed by atoms with van der Waals surface area (Å²) < 4.78 is 17.1. The maximum atomic E-state index is 12.0. The van der Waals surface area contributed by atoms with Crippen molar-refractivity contribution in [2.24, 2.45) is 0 Å². The standard InChI is InChI=1S/C18H15N5O5/c1-26-18(25)13-8-23(7-12-16(13)20-21-17(12)24)9-15-19-14(22-28-15)10-27-11-5-3-2-4-6-11/h2-8H,9-10H2,1H3,(H,21,24). The predicted octanol–water partition coefficient (Wildman–Crippen LogP) is 1.47. The Morgan fingerprint density at radius 1 is 1.25 bits per heavy atom. The molecule has 0 radical (unpaired) electrons. The van der Waals surface area contributed by atoms with Gasteiger partial charge < -0.3 is 18.6 Å². The summed E-state index contributed by atoms with van der Waals surface area (Å²) >= 11 is 0. The Balaban J connectivity index is 1.54. The fourth-order valence-corrected chi connectivity index (χ4v) is 2.67. The molecule has 142 valence electrons. The number of para-hydroxylation sites is 1. The van der Waals surface area contributed by atoms with Crippen molar-refractivity contribution in [3.63, 3.8) is 0 Å². The van der Waals surface area contributed by atoms with Gasteiger partial charge in [0, 0.05) is 12.4 Å². The van der Waals surface area contributed by atoms with E-state index in [0.29, 0.717) is 17.5 Å². The molecular weight excluding hydrogens is 366 g/mol. The molecule has 0 atom stereocenters. The van der Waals surface area contributed by atoms with Gasteiger partial charge in [0.1, 0.15) is 23.6 Å². The van der Waals surface area contributed by atoms with Gasteiger partial charge in [0.15, 0.2) is 6.61 Å². The zero-order valence-electron chi connectivity index (χ0n) is 14.8. The minimum Gasteiger partial charge on any atom is -0.485 e. The van der Waals surface area contributed by atoms with E-state index >= 15 is 0 Å². The van der Waals surface area contributed by atoms with E-state index in [9.17, 15) is 9.59 Å². The van der Waals surface area contributed by atoms with E-state index in [4.69, 9.17) is 14.0 Å². The van der Waals surface area contributed by atoms with Crippen LogP contribution in [-0.4, -0.2) is 38.0 Å². The zero-order chi connectivity index (χ0) is 19.5. The van der Waals surface area contributed by atoms with Gasteiger partial charge in [-0.25, -0.2) is 9.89 Å². The van der Waals surface area contributed by atoms with Crippen LogP contribution < -0.4 is 10.3 Å². The van der Waals surface area contributed by atoms with Crippen LogP contribution in [0.4, 0.5) is 0 Å². The van der Waals surface area contributed by atoms with Gasteiger partial charge in [0.2, 0.25) is 11.7 Å². The first-order valence-corrected chi connectivity index (χ1v) is 8.30. The number of H-pyrrole nitrogens is 1. The number of fused-ring (bicyclic) bond motifs is 1. The van der Waals surface area contributed by atoms with E-state index in [-0.39, 0.29) is 30.0 Å². The van der Waals surface area contributed by atoms with Crippen LogP contribution >= 0.6 is 0 Å². The first-order valence-electron chi connectivity index (χ1n) is 8.30. The molecule has 0 aliphatic carbocycles. The highest BCUT2D eigenvalue weighted by Crippen LogP contribution is 2.21. The molecule has 0 saturated carbocycles. The third kappa shape index (κ3) is 3.47. The number of carbonyl (C=O) groups excluding carboxylic acids is 1. The van der Waals surface area contributed by atoms with Crippen molar-refractivity contribution >= 4 is 5.97 Å². The molecule has 0 saturated heterocycles. The maximum absolute atomic E-state index is 12.0. The summed E-state index contributed by atoms with van der Waals surface area (Å²) in [4.78, 5) is 28.2. The normalized spacial score (nSPS) is 10.9. The molecule has 2 aliphatic heterocycles. The first kappa shape index (κ1) is 17.5. The molecule has 0 amide bonds. The van der Waals surface area contributed by atoms with Crippen molar-refractivity contribution in [1.82, 2.24) is 24.9 Å². The fraction of sp³-hybridized carbons (Fsp3) is 0.167. The van der Waals surface area contributed by atoms with E-state index in [0.717, 1.165) is 0 Å². The van der Waals surface area contributed by atoms with Crippen LogP contribution in [0.5, 0.6) is 5.75 Å². The zero-order valence-corrected chi connectivity index (χ0v) is 14.8. The average Bonchev–Trinajstić information content (AvgIpc) is 3.33. The van der Waals surface area contributed by atoms with Crippen LogP contribution in [0, 0.1) is 0 Å². The molecule has 0 spiro atoms. The molecule has 2 aromatic rings. The maximum Gasteiger partial charge on any atom is 0.341 e. The van der Waals surface area contributed by atoms with Crippen LogP contribution in [0.25, 0.3) is 11.3 Å². The van der Waals surface area contributed by atoms with Crippen molar-refractivity contribution in [3.8, 4) is 17.0 Å². The van der Waals surface area contributed by atoms with E-state index in [1.165, 1.54) is 13.3 Å². The molecule has 1 aromatic carbocycles. The summed E-state index contributed by atoms with van der Waals surface area (Å²) in [5.41, 5.74) is 0.258. The molecule has 1 N–H and O–H groups in total. The third-order valence-electron chi connectivity index (χ3n) is 3.96. The Kier molecular flexibility index (Phi) is 4.58. The summed E-state index contributed by atoms with van der Waals surface area (Å²) in [5, 5.41) is 10.1. The number of ether oxygens (including phenoxy) is 2. The molecule has 10 nitrogen and oxygen atoms in total. The Morgan fingerprint density at radius 2 is 2.07 bits per heavy atom. The highest BCUT2D eigenvalue weighted by Gasteiger charge is 2.22. The van der Waals surface area contributed by atoms with Gasteiger partial charge in [-0.2, -0.15) is 10.1 Å². The van der Waals surface area contributed by atoms with Crippen molar-refractivity contribution < 1.29 is 18.8 Å². The minimum absolute atomic E-state index is 0.150. The van der Waals surface area contributed by atoms with Gasteiger partial charge in [0.05, 0.1) is 12.7 Å². The highest BCUT2D eigenvalue weighted by molar-refractivity contribution is 5.95. The lowest BCUT2D eigenvalue weighted by atomic mass is 10.1. The fourth-order valence-electron chi connectivity index (χ4n) is 2.67. The van der Waals surface area contributed by atoms with Crippen molar-refractivity contribution in [3.05, 3.63) is 70.4 Å². The smallest absolute Gasteiger partial charge is 0.341 e. The number of pyridine rings is 1. The number of hydrogen-bond donors (Lipinski definition) is 1. The summed E-state index contributed by atoms with van der Waals surface area (Å²) in [5.74, 6) is 0.761. The van der Waals surface area contributed by atoms with Crippen LogP contribution in [0.2, 0.25) is 0 Å². The largest absolute Gasteiger partial charge is 0.485 e. The van der Waals surface area contributed by atoms with Crippen molar-refractivity contribution in [2.45, 2.75) is 13.2 Å². The average molecular weight is 381 g/mol. The molecule has 10 heteroatoms. The van der Waals surface area contributed by atoms with E-state index in [1.54, 1.807) is 10.8 Å². The number of esters is 1. The summed E-state index contributed by atoms with van der Waals surface area (Å²) in [6, 6.07) is 9.27. The van der Waals surface area contributed by atoms with E-state index < -0.39 is 11.5 Å². The first-order chi connectivity index (χ1) is 13.6. The van der Waals surface area contributed by atoms with Crippen LogP contribution in [-0.2, 0) is 17.9 Å². The van der Waals surface area contributed by atoms with Gasteiger partial charge in [-0.15, -0.1) is 0 Å². The SMILES string of the molecule is COC(=O)c1cn(Cc2nc(COc3ccccc3)no2)cc2c(=O)[nH]nc1-2. The second-order valence-corrected chi connectivity index (χ2v) is 5.86. The van der Waals surface area contributed by atoms with E-state index in [1.807, 2.05) is 30.3 Å². The lowest BCUT2D eigenvalue weighted by Gasteiger charge is -2.09. The number of nitrogens with zero attached hydrogens (tertiary/aromatic N) is 4. The number of rotatable bonds is 6. The lowest BCUT2D eigenvalue weighted by molar-refractivity contribution is 0.0600. The van der Waals surface area contributed by atoms with Crippen molar-refractivity contribution in [1.29, 1.82) is 0 Å². The quantitative estimate of drug-likeness (QED) is 0.498. The molecule has 0 fully saturated rings. The summed E-state index contributed by atoms with van der Waals surface area (Å²) in [6.45, 7) is 0.306. The topological polar surface area (TPSA) is 125 Å². The van der Waals surface area contributed by atoms with Crippen LogP contribution in [0.1, 0.15) is 22.1 Å². The number of carbonyl (C=O) groups is 1. The molecule has 3 heterocycles. The van der Waals surface area contributed by atoms with Gasteiger partial charge in [-0.1, -0.05) is 23.4 Å². The Bertz CT molecular complexity index is 1130. The minimum atomic E-state index is -0.603. The number of benzene rings is 1. The number of nitrogens with one attached hydrogen (secondary N) is 1. The number of methoxy groups -OCH3 is 1. The van der Waals surface area contributed by atoms with Gasteiger partial charge >= 0.3 is 5.97 Å². The van der Waals surface area contributed by atoms with Gasteiger partial charge in [0.25, 0.3) is 5.56 Å². The lowest BCUT2D eigenvalue weighted by Crippen LogP contribution is -2.12.